The molecule has 110 valence electrons. The highest BCUT2D eigenvalue weighted by Gasteiger charge is 2.21. The normalized spacial score (nSPS) is 14.0. The Morgan fingerprint density at radius 1 is 1.29 bits per heavy atom. The third-order valence-corrected chi connectivity index (χ3v) is 4.03. The Morgan fingerprint density at radius 2 is 2.10 bits per heavy atom. The summed E-state index contributed by atoms with van der Waals surface area (Å²) in [5, 5.41) is 10.5. The van der Waals surface area contributed by atoms with Gasteiger partial charge in [-0.05, 0) is 45.3 Å². The van der Waals surface area contributed by atoms with E-state index in [0.717, 1.165) is 21.3 Å². The number of methoxy groups -OCH3 is 1. The average molecular weight is 351 g/mol. The number of aliphatic hydroxyl groups excluding tert-OH is 1. The van der Waals surface area contributed by atoms with Crippen molar-refractivity contribution in [2.75, 3.05) is 13.9 Å². The van der Waals surface area contributed by atoms with E-state index < -0.39 is 6.10 Å². The molecule has 1 unspecified atom stereocenters. The van der Waals surface area contributed by atoms with Crippen LogP contribution in [0.4, 0.5) is 0 Å². The first-order valence-corrected chi connectivity index (χ1v) is 7.37. The van der Waals surface area contributed by atoms with E-state index >= 15 is 0 Å². The molecule has 2 aromatic carbocycles. The number of halogens is 1. The molecular weight excluding hydrogens is 336 g/mol. The molecule has 2 aromatic rings. The summed E-state index contributed by atoms with van der Waals surface area (Å²) in [6, 6.07) is 11.3. The summed E-state index contributed by atoms with van der Waals surface area (Å²) in [6.07, 6.45) is -0.178. The minimum atomic E-state index is -0.646. The number of para-hydroxylation sites is 1. The van der Waals surface area contributed by atoms with Crippen LogP contribution in [0.15, 0.2) is 40.9 Å². The van der Waals surface area contributed by atoms with Gasteiger partial charge >= 0.3 is 0 Å². The van der Waals surface area contributed by atoms with Crippen LogP contribution in [-0.2, 0) is 6.42 Å². The molecule has 5 heteroatoms. The molecule has 3 rings (SSSR count). The predicted octanol–water partition coefficient (Wildman–Crippen LogP) is 3.46. The Morgan fingerprint density at radius 3 is 2.90 bits per heavy atom. The van der Waals surface area contributed by atoms with Gasteiger partial charge in [-0.2, -0.15) is 0 Å². The van der Waals surface area contributed by atoms with E-state index in [1.165, 1.54) is 0 Å². The Bertz CT molecular complexity index is 657. The van der Waals surface area contributed by atoms with Gasteiger partial charge in [0, 0.05) is 6.42 Å². The number of fused-ring (bicyclic) bond motifs is 1. The third-order valence-electron chi connectivity index (χ3n) is 3.44. The fourth-order valence-electron chi connectivity index (χ4n) is 2.38. The second kappa shape index (κ2) is 5.95. The van der Waals surface area contributed by atoms with Crippen LogP contribution >= 0.6 is 15.9 Å². The van der Waals surface area contributed by atoms with Gasteiger partial charge in [-0.15, -0.1) is 0 Å². The third kappa shape index (κ3) is 2.84. The number of benzene rings is 2. The molecule has 1 N–H and O–H groups in total. The molecular formula is C16H15BrO4. The number of ether oxygens (including phenoxy) is 3. The number of aliphatic hydroxyl groups is 1. The van der Waals surface area contributed by atoms with Gasteiger partial charge in [-0.25, -0.2) is 0 Å². The van der Waals surface area contributed by atoms with E-state index in [1.807, 2.05) is 36.4 Å². The van der Waals surface area contributed by atoms with Gasteiger partial charge in [-0.3, -0.25) is 0 Å². The van der Waals surface area contributed by atoms with Crippen LogP contribution < -0.4 is 14.2 Å². The molecule has 0 fully saturated rings. The van der Waals surface area contributed by atoms with Crippen molar-refractivity contribution in [3.63, 3.8) is 0 Å². The molecule has 0 spiro atoms. The van der Waals surface area contributed by atoms with E-state index in [2.05, 4.69) is 15.9 Å². The zero-order valence-electron chi connectivity index (χ0n) is 11.5. The quantitative estimate of drug-likeness (QED) is 0.917. The van der Waals surface area contributed by atoms with E-state index in [4.69, 9.17) is 14.2 Å². The first-order chi connectivity index (χ1) is 10.2. The van der Waals surface area contributed by atoms with Gasteiger partial charge in [0.05, 0.1) is 17.7 Å². The van der Waals surface area contributed by atoms with Crippen LogP contribution in [0.1, 0.15) is 17.2 Å². The molecule has 1 aliphatic rings. The topological polar surface area (TPSA) is 47.9 Å². The van der Waals surface area contributed by atoms with Crippen LogP contribution in [0, 0.1) is 0 Å². The summed E-state index contributed by atoms with van der Waals surface area (Å²) in [7, 11) is 1.63. The van der Waals surface area contributed by atoms with Gasteiger partial charge in [0.15, 0.2) is 11.5 Å². The van der Waals surface area contributed by atoms with Crippen molar-refractivity contribution in [2.24, 2.45) is 0 Å². The Labute approximate surface area is 131 Å². The summed E-state index contributed by atoms with van der Waals surface area (Å²) >= 11 is 3.44. The molecule has 0 saturated carbocycles. The molecule has 0 bridgehead atoms. The van der Waals surface area contributed by atoms with Gasteiger partial charge in [0.2, 0.25) is 6.79 Å². The monoisotopic (exact) mass is 350 g/mol. The van der Waals surface area contributed by atoms with Crippen LogP contribution in [0.2, 0.25) is 0 Å². The Balaban J connectivity index is 1.86. The van der Waals surface area contributed by atoms with Gasteiger partial charge in [-0.1, -0.05) is 18.2 Å². The summed E-state index contributed by atoms with van der Waals surface area (Å²) in [6.45, 7) is 0.208. The van der Waals surface area contributed by atoms with Crippen molar-refractivity contribution in [3.05, 3.63) is 52.0 Å². The molecule has 4 nitrogen and oxygen atoms in total. The maximum absolute atomic E-state index is 10.5. The van der Waals surface area contributed by atoms with E-state index in [0.29, 0.717) is 17.9 Å². The van der Waals surface area contributed by atoms with E-state index in [9.17, 15) is 5.11 Å². The van der Waals surface area contributed by atoms with Crippen LogP contribution in [0.3, 0.4) is 0 Å². The first kappa shape index (κ1) is 14.2. The highest BCUT2D eigenvalue weighted by Crippen LogP contribution is 2.41. The predicted molar refractivity (Wildman–Crippen MR) is 81.9 cm³/mol. The highest BCUT2D eigenvalue weighted by molar-refractivity contribution is 9.10. The minimum Gasteiger partial charge on any atom is -0.496 e. The summed E-state index contributed by atoms with van der Waals surface area (Å²) < 4.78 is 16.8. The minimum absolute atomic E-state index is 0.208. The molecule has 0 aromatic heterocycles. The maximum Gasteiger partial charge on any atom is 0.231 e. The van der Waals surface area contributed by atoms with E-state index in [-0.39, 0.29) is 6.79 Å². The number of hydrogen-bond acceptors (Lipinski definition) is 4. The maximum atomic E-state index is 10.5. The molecule has 0 saturated heterocycles. The lowest BCUT2D eigenvalue weighted by Crippen LogP contribution is -2.03. The SMILES string of the molecule is COc1ccccc1CC(O)c1cc(Br)c2c(c1)OCO2. The van der Waals surface area contributed by atoms with Gasteiger partial charge < -0.3 is 19.3 Å². The fraction of sp³-hybridized carbons (Fsp3) is 0.250. The molecule has 1 heterocycles. The van der Waals surface area contributed by atoms with E-state index in [1.54, 1.807) is 7.11 Å². The lowest BCUT2D eigenvalue weighted by Gasteiger charge is -2.14. The van der Waals surface area contributed by atoms with Crippen molar-refractivity contribution in [2.45, 2.75) is 12.5 Å². The number of rotatable bonds is 4. The van der Waals surface area contributed by atoms with Crippen LogP contribution in [0.5, 0.6) is 17.2 Å². The second-order valence-corrected chi connectivity index (χ2v) is 5.62. The standard InChI is InChI=1S/C16H15BrO4/c1-19-14-5-3-2-4-10(14)7-13(18)11-6-12(17)16-15(8-11)20-9-21-16/h2-6,8,13,18H,7,9H2,1H3. The highest BCUT2D eigenvalue weighted by atomic mass is 79.9. The molecule has 21 heavy (non-hydrogen) atoms. The molecule has 0 amide bonds. The molecule has 1 aliphatic heterocycles. The first-order valence-electron chi connectivity index (χ1n) is 6.58. The van der Waals surface area contributed by atoms with Crippen molar-refractivity contribution in [1.29, 1.82) is 0 Å². The van der Waals surface area contributed by atoms with Crippen molar-refractivity contribution in [3.8, 4) is 17.2 Å². The second-order valence-electron chi connectivity index (χ2n) is 4.77. The van der Waals surface area contributed by atoms with Crippen molar-refractivity contribution in [1.82, 2.24) is 0 Å². The Hall–Kier alpha value is -1.72. The van der Waals surface area contributed by atoms with Gasteiger partial charge in [0.25, 0.3) is 0 Å². The Kier molecular flexibility index (Phi) is 4.03. The summed E-state index contributed by atoms with van der Waals surface area (Å²) in [5.74, 6) is 2.11. The zero-order chi connectivity index (χ0) is 14.8. The average Bonchev–Trinajstić information content (AvgIpc) is 2.96. The van der Waals surface area contributed by atoms with Crippen molar-refractivity contribution < 1.29 is 19.3 Å². The van der Waals surface area contributed by atoms with Gasteiger partial charge in [0.1, 0.15) is 5.75 Å². The largest absolute Gasteiger partial charge is 0.496 e. The molecule has 0 aliphatic carbocycles. The van der Waals surface area contributed by atoms with Crippen LogP contribution in [0.25, 0.3) is 0 Å². The zero-order valence-corrected chi connectivity index (χ0v) is 13.1. The lowest BCUT2D eigenvalue weighted by atomic mass is 10.0. The summed E-state index contributed by atoms with van der Waals surface area (Å²) in [5.41, 5.74) is 1.73. The summed E-state index contributed by atoms with van der Waals surface area (Å²) in [4.78, 5) is 0. The van der Waals surface area contributed by atoms with Crippen molar-refractivity contribution >= 4 is 15.9 Å². The molecule has 0 radical (unpaired) electrons. The lowest BCUT2D eigenvalue weighted by molar-refractivity contribution is 0.171. The number of hydrogen-bond donors (Lipinski definition) is 1. The smallest absolute Gasteiger partial charge is 0.231 e. The molecule has 1 atom stereocenters. The van der Waals surface area contributed by atoms with Crippen LogP contribution in [-0.4, -0.2) is 19.0 Å². The fourth-order valence-corrected chi connectivity index (χ4v) is 2.95.